The Morgan fingerprint density at radius 2 is 2.15 bits per heavy atom. The maximum absolute atomic E-state index is 12.0. The summed E-state index contributed by atoms with van der Waals surface area (Å²) in [6.07, 6.45) is 1.94. The Balaban J connectivity index is 1.73. The summed E-state index contributed by atoms with van der Waals surface area (Å²) >= 11 is 0. The van der Waals surface area contributed by atoms with Gasteiger partial charge in [-0.1, -0.05) is 5.16 Å². The Bertz CT molecular complexity index is 585. The predicted molar refractivity (Wildman–Crippen MR) is 70.5 cm³/mol. The average molecular weight is 301 g/mol. The molecule has 0 aromatic carbocycles. The van der Waals surface area contributed by atoms with Crippen molar-refractivity contribution in [1.29, 1.82) is 0 Å². The zero-order chi connectivity index (χ0) is 14.3. The number of hydrogen-bond acceptors (Lipinski definition) is 6. The minimum absolute atomic E-state index is 0.0415. The molecule has 1 aromatic heterocycles. The standard InChI is InChI=1S/C12H19N3O4S/c1-3-20(16,17)15-7-6-10-9(15)4-5-11(18-10)12-13-8(2)14-19-12/h9-11H,3-7H2,1-2H3/t9-,10-,11-/m1/s1. The van der Waals surface area contributed by atoms with Crippen LogP contribution in [0, 0.1) is 6.92 Å². The third-order valence-corrected chi connectivity index (χ3v) is 5.94. The lowest BCUT2D eigenvalue weighted by Gasteiger charge is -2.34. The number of nitrogens with zero attached hydrogens (tertiary/aromatic N) is 3. The van der Waals surface area contributed by atoms with Crippen LogP contribution in [0.15, 0.2) is 4.52 Å². The van der Waals surface area contributed by atoms with Crippen LogP contribution in [0.4, 0.5) is 0 Å². The maximum Gasteiger partial charge on any atom is 0.255 e. The van der Waals surface area contributed by atoms with Crippen molar-refractivity contribution in [1.82, 2.24) is 14.4 Å². The molecule has 3 rings (SSSR count). The third-order valence-electron chi connectivity index (χ3n) is 4.04. The molecule has 1 aromatic rings. The Hall–Kier alpha value is -0.990. The predicted octanol–water partition coefficient (Wildman–Crippen LogP) is 1.02. The van der Waals surface area contributed by atoms with Crippen molar-refractivity contribution in [3.8, 4) is 0 Å². The molecule has 2 saturated heterocycles. The molecule has 0 radical (unpaired) electrons. The first-order chi connectivity index (χ1) is 9.51. The number of sulfonamides is 1. The Morgan fingerprint density at radius 3 is 2.80 bits per heavy atom. The minimum Gasteiger partial charge on any atom is -0.363 e. The number of ether oxygens (including phenoxy) is 1. The molecule has 0 amide bonds. The summed E-state index contributed by atoms with van der Waals surface area (Å²) in [5.74, 6) is 1.23. The van der Waals surface area contributed by atoms with Crippen LogP contribution in [0.5, 0.6) is 0 Å². The Labute approximate surface area is 118 Å². The van der Waals surface area contributed by atoms with Crippen LogP contribution in [0.25, 0.3) is 0 Å². The first kappa shape index (κ1) is 14.0. The second kappa shape index (κ2) is 5.09. The van der Waals surface area contributed by atoms with Crippen LogP contribution in [0.1, 0.15) is 44.0 Å². The molecule has 3 atom stereocenters. The highest BCUT2D eigenvalue weighted by molar-refractivity contribution is 7.89. The van der Waals surface area contributed by atoms with E-state index in [0.29, 0.717) is 24.7 Å². The Kier molecular flexibility index (Phi) is 3.55. The number of rotatable bonds is 3. The fourth-order valence-electron chi connectivity index (χ4n) is 3.02. The van der Waals surface area contributed by atoms with Gasteiger partial charge in [-0.25, -0.2) is 8.42 Å². The van der Waals surface area contributed by atoms with Crippen LogP contribution in [0.3, 0.4) is 0 Å². The van der Waals surface area contributed by atoms with Gasteiger partial charge < -0.3 is 9.26 Å². The van der Waals surface area contributed by atoms with Gasteiger partial charge in [-0.2, -0.15) is 9.29 Å². The number of aromatic nitrogens is 2. The highest BCUT2D eigenvalue weighted by Crippen LogP contribution is 2.38. The summed E-state index contributed by atoms with van der Waals surface area (Å²) in [6.45, 7) is 3.99. The maximum atomic E-state index is 12.0. The smallest absolute Gasteiger partial charge is 0.255 e. The lowest BCUT2D eigenvalue weighted by atomic mass is 10.00. The lowest BCUT2D eigenvalue weighted by molar-refractivity contribution is -0.0753. The summed E-state index contributed by atoms with van der Waals surface area (Å²) < 4.78 is 36.8. The van der Waals surface area contributed by atoms with E-state index in [1.807, 2.05) is 0 Å². The highest BCUT2D eigenvalue weighted by atomic mass is 32.2. The molecule has 0 N–H and O–H groups in total. The van der Waals surface area contributed by atoms with E-state index in [4.69, 9.17) is 9.26 Å². The van der Waals surface area contributed by atoms with E-state index in [2.05, 4.69) is 10.1 Å². The zero-order valence-corrected chi connectivity index (χ0v) is 12.5. The van der Waals surface area contributed by atoms with Crippen molar-refractivity contribution in [2.24, 2.45) is 0 Å². The molecule has 3 heterocycles. The summed E-state index contributed by atoms with van der Waals surface area (Å²) in [5.41, 5.74) is 0. The Morgan fingerprint density at radius 1 is 1.35 bits per heavy atom. The van der Waals surface area contributed by atoms with Crippen molar-refractivity contribution in [3.05, 3.63) is 11.7 Å². The molecular formula is C12H19N3O4S. The van der Waals surface area contributed by atoms with Crippen LogP contribution >= 0.6 is 0 Å². The summed E-state index contributed by atoms with van der Waals surface area (Å²) in [5, 5.41) is 3.77. The number of aryl methyl sites for hydroxylation is 1. The van der Waals surface area contributed by atoms with Crippen LogP contribution < -0.4 is 0 Å². The van der Waals surface area contributed by atoms with Gasteiger partial charge in [0.1, 0.15) is 6.10 Å². The lowest BCUT2D eigenvalue weighted by Crippen LogP contribution is -2.43. The van der Waals surface area contributed by atoms with Gasteiger partial charge in [0.25, 0.3) is 5.89 Å². The minimum atomic E-state index is -3.14. The van der Waals surface area contributed by atoms with Crippen LogP contribution in [-0.4, -0.2) is 47.3 Å². The quantitative estimate of drug-likeness (QED) is 0.828. The zero-order valence-electron chi connectivity index (χ0n) is 11.7. The first-order valence-corrected chi connectivity index (χ1v) is 8.57. The molecule has 20 heavy (non-hydrogen) atoms. The van der Waals surface area contributed by atoms with Gasteiger partial charge in [-0.3, -0.25) is 0 Å². The van der Waals surface area contributed by atoms with Crippen molar-refractivity contribution in [3.63, 3.8) is 0 Å². The van der Waals surface area contributed by atoms with E-state index in [1.54, 1.807) is 18.2 Å². The summed E-state index contributed by atoms with van der Waals surface area (Å²) in [6, 6.07) is -0.0415. The van der Waals surface area contributed by atoms with Gasteiger partial charge in [0.15, 0.2) is 5.82 Å². The second-order valence-electron chi connectivity index (χ2n) is 5.29. The molecule has 0 unspecified atom stereocenters. The molecule has 0 spiro atoms. The molecule has 0 saturated carbocycles. The highest BCUT2D eigenvalue weighted by Gasteiger charge is 2.45. The summed E-state index contributed by atoms with van der Waals surface area (Å²) in [4.78, 5) is 4.20. The van der Waals surface area contributed by atoms with Gasteiger partial charge in [0.05, 0.1) is 17.9 Å². The van der Waals surface area contributed by atoms with Gasteiger partial charge >= 0.3 is 0 Å². The van der Waals surface area contributed by atoms with Gasteiger partial charge in [-0.15, -0.1) is 0 Å². The molecule has 2 aliphatic rings. The topological polar surface area (TPSA) is 85.5 Å². The molecule has 0 aliphatic carbocycles. The van der Waals surface area contributed by atoms with Gasteiger partial charge in [-0.05, 0) is 33.1 Å². The second-order valence-corrected chi connectivity index (χ2v) is 7.50. The van der Waals surface area contributed by atoms with Crippen LogP contribution in [0.2, 0.25) is 0 Å². The molecule has 112 valence electrons. The first-order valence-electron chi connectivity index (χ1n) is 6.96. The molecule has 0 bridgehead atoms. The average Bonchev–Trinajstić information content (AvgIpc) is 3.04. The van der Waals surface area contributed by atoms with Gasteiger partial charge in [0.2, 0.25) is 10.0 Å². The molecular weight excluding hydrogens is 282 g/mol. The third kappa shape index (κ3) is 2.36. The number of fused-ring (bicyclic) bond motifs is 1. The number of hydrogen-bond donors (Lipinski definition) is 0. The van der Waals surface area contributed by atoms with Crippen LogP contribution in [-0.2, 0) is 14.8 Å². The fourth-order valence-corrected chi connectivity index (χ4v) is 4.39. The largest absolute Gasteiger partial charge is 0.363 e. The van der Waals surface area contributed by atoms with Crippen molar-refractivity contribution < 1.29 is 17.7 Å². The van der Waals surface area contributed by atoms with Gasteiger partial charge in [0, 0.05) is 6.54 Å². The molecule has 2 aliphatic heterocycles. The molecule has 2 fully saturated rings. The van der Waals surface area contributed by atoms with E-state index in [1.165, 1.54) is 0 Å². The normalized spacial score (nSPS) is 31.4. The van der Waals surface area contributed by atoms with E-state index >= 15 is 0 Å². The molecule has 8 heteroatoms. The van der Waals surface area contributed by atoms with Crippen molar-refractivity contribution >= 4 is 10.0 Å². The van der Waals surface area contributed by atoms with E-state index in [9.17, 15) is 8.42 Å². The van der Waals surface area contributed by atoms with Crippen molar-refractivity contribution in [2.45, 2.75) is 51.4 Å². The monoisotopic (exact) mass is 301 g/mol. The van der Waals surface area contributed by atoms with E-state index in [0.717, 1.165) is 12.8 Å². The summed E-state index contributed by atoms with van der Waals surface area (Å²) in [7, 11) is -3.14. The SMILES string of the molecule is CCS(=O)(=O)N1CC[C@H]2O[C@@H](c3nc(C)no3)CC[C@H]21. The van der Waals surface area contributed by atoms with Crippen molar-refractivity contribution in [2.75, 3.05) is 12.3 Å². The van der Waals surface area contributed by atoms with E-state index in [-0.39, 0.29) is 24.0 Å². The van der Waals surface area contributed by atoms with E-state index < -0.39 is 10.0 Å². The molecule has 7 nitrogen and oxygen atoms in total. The fraction of sp³-hybridized carbons (Fsp3) is 0.833.